The lowest BCUT2D eigenvalue weighted by atomic mass is 10.2. The van der Waals surface area contributed by atoms with Crippen LogP contribution in [0.1, 0.15) is 38.5 Å². The molecule has 75 heavy (non-hydrogen) atoms. The van der Waals surface area contributed by atoms with Crippen molar-refractivity contribution < 1.29 is 57.0 Å². The van der Waals surface area contributed by atoms with E-state index in [-0.39, 0.29) is 56.3 Å². The van der Waals surface area contributed by atoms with Crippen molar-refractivity contribution in [2.24, 2.45) is 30.7 Å². The van der Waals surface area contributed by atoms with Crippen molar-refractivity contribution in [1.29, 1.82) is 0 Å². The standard InChI is InChI=1S/C57H54N6O12/c1-67-46-22-10-40(11-23-46)58-61-43-16-28-49(29-17-43)70-34-4-7-55(64)73-52-37-53(74-56(65)8-5-35-71-50-30-18-44(19-31-50)62-59-41-12-24-47(68-2)25-13-41)39-54(38-52)75-57(66)9-6-36-72-51-32-20-45(21-33-51)63-60-42-14-26-48(69-3)27-15-42/h10-33,37-39H,4-9,34-36H2,1-3H3. The van der Waals surface area contributed by atoms with E-state index >= 15 is 0 Å². The molecule has 0 saturated heterocycles. The average Bonchev–Trinajstić information content (AvgIpc) is 3.44. The summed E-state index contributed by atoms with van der Waals surface area (Å²) in [5.41, 5.74) is 3.95. The van der Waals surface area contributed by atoms with Crippen molar-refractivity contribution in [2.75, 3.05) is 41.2 Å². The predicted octanol–water partition coefficient (Wildman–Crippen LogP) is 14.3. The van der Waals surface area contributed by atoms with Crippen molar-refractivity contribution in [3.05, 3.63) is 164 Å². The summed E-state index contributed by atoms with van der Waals surface area (Å²) in [6.07, 6.45) is 0.996. The van der Waals surface area contributed by atoms with Crippen LogP contribution in [0.15, 0.2) is 194 Å². The largest absolute Gasteiger partial charge is 0.497 e. The Morgan fingerprint density at radius 3 is 0.693 bits per heavy atom. The number of hydrogen-bond donors (Lipinski definition) is 0. The third-order valence-corrected chi connectivity index (χ3v) is 10.5. The lowest BCUT2D eigenvalue weighted by molar-refractivity contribution is -0.135. The van der Waals surface area contributed by atoms with E-state index in [4.69, 9.17) is 42.6 Å². The highest BCUT2D eigenvalue weighted by Crippen LogP contribution is 2.31. The van der Waals surface area contributed by atoms with Gasteiger partial charge in [-0.15, -0.1) is 0 Å². The van der Waals surface area contributed by atoms with Crippen LogP contribution in [0, 0.1) is 0 Å². The normalized spacial score (nSPS) is 11.1. The van der Waals surface area contributed by atoms with Crippen LogP contribution >= 0.6 is 0 Å². The zero-order chi connectivity index (χ0) is 52.5. The molecule has 0 aromatic heterocycles. The second-order valence-corrected chi connectivity index (χ2v) is 16.1. The highest BCUT2D eigenvalue weighted by molar-refractivity contribution is 5.76. The summed E-state index contributed by atoms with van der Waals surface area (Å²) in [6, 6.07) is 46.9. The van der Waals surface area contributed by atoms with Gasteiger partial charge >= 0.3 is 17.9 Å². The van der Waals surface area contributed by atoms with Gasteiger partial charge in [0.2, 0.25) is 0 Å². The van der Waals surface area contributed by atoms with Crippen molar-refractivity contribution in [3.8, 4) is 51.7 Å². The van der Waals surface area contributed by atoms with Crippen LogP contribution < -0.4 is 42.6 Å². The summed E-state index contributed by atoms with van der Waals surface area (Å²) in [5, 5.41) is 25.5. The maximum Gasteiger partial charge on any atom is 0.311 e. The molecule has 0 unspecified atom stereocenters. The summed E-state index contributed by atoms with van der Waals surface area (Å²) < 4.78 is 49.9. The maximum atomic E-state index is 13.0. The monoisotopic (exact) mass is 1010 g/mol. The zero-order valence-corrected chi connectivity index (χ0v) is 41.5. The van der Waals surface area contributed by atoms with Gasteiger partial charge in [-0.2, -0.15) is 30.7 Å². The van der Waals surface area contributed by atoms with Crippen LogP contribution in [0.5, 0.6) is 51.7 Å². The first-order chi connectivity index (χ1) is 36.7. The second kappa shape index (κ2) is 28.6. The van der Waals surface area contributed by atoms with Crippen molar-refractivity contribution in [2.45, 2.75) is 38.5 Å². The Kier molecular flexibility index (Phi) is 20.3. The number of esters is 3. The molecule has 384 valence electrons. The average molecular weight is 1020 g/mol. The molecule has 0 fully saturated rings. The first-order valence-electron chi connectivity index (χ1n) is 23.8. The third-order valence-electron chi connectivity index (χ3n) is 10.5. The molecule has 0 bridgehead atoms. The van der Waals surface area contributed by atoms with E-state index < -0.39 is 17.9 Å². The van der Waals surface area contributed by atoms with Gasteiger partial charge in [0.05, 0.1) is 75.3 Å². The van der Waals surface area contributed by atoms with Crippen LogP contribution in [0.4, 0.5) is 34.1 Å². The van der Waals surface area contributed by atoms with E-state index in [1.54, 1.807) is 167 Å². The zero-order valence-electron chi connectivity index (χ0n) is 41.5. The van der Waals surface area contributed by atoms with Gasteiger partial charge in [-0.1, -0.05) is 0 Å². The fourth-order valence-corrected chi connectivity index (χ4v) is 6.61. The van der Waals surface area contributed by atoms with Crippen LogP contribution in [0.3, 0.4) is 0 Å². The minimum Gasteiger partial charge on any atom is -0.497 e. The number of ether oxygens (including phenoxy) is 9. The molecular formula is C57H54N6O12. The summed E-state index contributed by atoms with van der Waals surface area (Å²) in [4.78, 5) is 39.1. The molecule has 18 nitrogen and oxygen atoms in total. The number of nitrogens with zero attached hydrogens (tertiary/aromatic N) is 6. The van der Waals surface area contributed by atoms with Gasteiger partial charge < -0.3 is 42.6 Å². The van der Waals surface area contributed by atoms with Crippen molar-refractivity contribution >= 4 is 52.0 Å². The summed E-state index contributed by atoms with van der Waals surface area (Å²) >= 11 is 0. The maximum absolute atomic E-state index is 13.0. The molecule has 0 saturated carbocycles. The highest BCUT2D eigenvalue weighted by atomic mass is 16.6. The number of carbonyl (C=O) groups is 3. The van der Waals surface area contributed by atoms with Crippen LogP contribution in [0.25, 0.3) is 0 Å². The van der Waals surface area contributed by atoms with Gasteiger partial charge in [-0.05, 0) is 165 Å². The van der Waals surface area contributed by atoms with Crippen molar-refractivity contribution in [3.63, 3.8) is 0 Å². The van der Waals surface area contributed by atoms with Gasteiger partial charge in [0.1, 0.15) is 51.7 Å². The molecule has 18 heteroatoms. The Hall–Kier alpha value is -9.45. The number of benzene rings is 7. The summed E-state index contributed by atoms with van der Waals surface area (Å²) in [7, 11) is 4.79. The Balaban J connectivity index is 0.877. The molecule has 7 rings (SSSR count). The fraction of sp³-hybridized carbons (Fsp3) is 0.211. The van der Waals surface area contributed by atoms with E-state index in [0.717, 1.165) is 17.2 Å². The van der Waals surface area contributed by atoms with E-state index in [1.807, 2.05) is 0 Å². The fourth-order valence-electron chi connectivity index (χ4n) is 6.61. The lowest BCUT2D eigenvalue weighted by Crippen LogP contribution is -2.13. The van der Waals surface area contributed by atoms with E-state index in [9.17, 15) is 14.4 Å². The highest BCUT2D eigenvalue weighted by Gasteiger charge is 2.15. The lowest BCUT2D eigenvalue weighted by Gasteiger charge is -2.12. The Labute approximate surface area is 433 Å². The van der Waals surface area contributed by atoms with E-state index in [2.05, 4.69) is 30.7 Å². The van der Waals surface area contributed by atoms with E-state index in [0.29, 0.717) is 70.6 Å². The van der Waals surface area contributed by atoms with Gasteiger partial charge in [0, 0.05) is 37.5 Å². The van der Waals surface area contributed by atoms with Crippen LogP contribution in [-0.2, 0) is 14.4 Å². The minimum atomic E-state index is -0.579. The molecule has 0 aliphatic rings. The molecule has 0 heterocycles. The number of rotatable bonds is 27. The van der Waals surface area contributed by atoms with Gasteiger partial charge in [0.25, 0.3) is 0 Å². The van der Waals surface area contributed by atoms with Gasteiger partial charge in [-0.25, -0.2) is 0 Å². The molecule has 0 atom stereocenters. The van der Waals surface area contributed by atoms with Gasteiger partial charge in [-0.3, -0.25) is 14.4 Å². The minimum absolute atomic E-state index is 0.000340. The molecule has 7 aromatic rings. The molecule has 0 radical (unpaired) electrons. The SMILES string of the molecule is COc1ccc(N=Nc2ccc(OCCCC(=O)Oc3cc(OC(=O)CCCOc4ccc(N=Nc5ccc(OC)cc5)cc4)cc(OC(=O)CCCOc4ccc(N=Nc5ccc(OC)cc5)cc4)c3)cc2)cc1. The smallest absolute Gasteiger partial charge is 0.311 e. The number of azo groups is 3. The predicted molar refractivity (Wildman–Crippen MR) is 278 cm³/mol. The number of methoxy groups -OCH3 is 3. The van der Waals surface area contributed by atoms with E-state index in [1.165, 1.54) is 18.2 Å². The first kappa shape index (κ1) is 53.4. The molecule has 0 aliphatic heterocycles. The molecule has 0 spiro atoms. The van der Waals surface area contributed by atoms with Crippen molar-refractivity contribution in [1.82, 2.24) is 0 Å². The molecule has 0 amide bonds. The Bertz CT molecular complexity index is 2670. The number of hydrogen-bond acceptors (Lipinski definition) is 18. The molecule has 0 N–H and O–H groups in total. The van der Waals surface area contributed by atoms with Gasteiger partial charge in [0.15, 0.2) is 0 Å². The van der Waals surface area contributed by atoms with Crippen LogP contribution in [0.2, 0.25) is 0 Å². The molecule has 0 aliphatic carbocycles. The van der Waals surface area contributed by atoms with Crippen LogP contribution in [-0.4, -0.2) is 59.1 Å². The quantitative estimate of drug-likeness (QED) is 0.0204. The first-order valence-corrected chi connectivity index (χ1v) is 23.8. The Morgan fingerprint density at radius 1 is 0.293 bits per heavy atom. The summed E-state index contributed by atoms with van der Waals surface area (Å²) in [5.74, 6) is 2.25. The molecule has 7 aromatic carbocycles. The second-order valence-electron chi connectivity index (χ2n) is 16.1. The topological polar surface area (TPSA) is 208 Å². The third kappa shape index (κ3) is 18.6. The number of carbonyl (C=O) groups excluding carboxylic acids is 3. The Morgan fingerprint density at radius 2 is 0.493 bits per heavy atom. The molecular weight excluding hydrogens is 961 g/mol. The summed E-state index contributed by atoms with van der Waals surface area (Å²) in [6.45, 7) is 0.670.